The van der Waals surface area contributed by atoms with Gasteiger partial charge in [0.15, 0.2) is 0 Å². The van der Waals surface area contributed by atoms with Crippen LogP contribution in [0.15, 0.2) is 91.0 Å². The van der Waals surface area contributed by atoms with Gasteiger partial charge >= 0.3 is 17.9 Å². The van der Waals surface area contributed by atoms with Crippen molar-refractivity contribution in [2.24, 2.45) is 0 Å². The van der Waals surface area contributed by atoms with Gasteiger partial charge in [0.1, 0.15) is 16.6 Å². The van der Waals surface area contributed by atoms with E-state index >= 15 is 0 Å². The molecule has 3 fully saturated rings. The maximum Gasteiger partial charge on any atom is 0.326 e. The number of ether oxygens (including phenoxy) is 1. The Labute approximate surface area is 297 Å². The van der Waals surface area contributed by atoms with E-state index < -0.39 is 28.6 Å². The van der Waals surface area contributed by atoms with Crippen molar-refractivity contribution in [2.45, 2.75) is 74.4 Å². The number of likely N-dealkylation sites (tertiary alicyclic amines) is 2. The number of methoxy groups -OCH3 is 1. The minimum Gasteiger partial charge on any atom is -0.480 e. The first-order valence-electron chi connectivity index (χ1n) is 17.4. The van der Waals surface area contributed by atoms with E-state index in [1.165, 1.54) is 12.7 Å². The minimum atomic E-state index is -0.735. The number of carboxylic acid groups (broad SMARTS) is 2. The molecular formula is C40H55N3O7. The largest absolute Gasteiger partial charge is 0.480 e. The summed E-state index contributed by atoms with van der Waals surface area (Å²) in [6, 6.07) is 29.8. The van der Waals surface area contributed by atoms with E-state index in [0.717, 1.165) is 82.8 Å². The van der Waals surface area contributed by atoms with Gasteiger partial charge in [0.2, 0.25) is 0 Å². The lowest BCUT2D eigenvalue weighted by molar-refractivity contribution is -0.153. The van der Waals surface area contributed by atoms with Gasteiger partial charge in [-0.1, -0.05) is 91.0 Å². The third-order valence-corrected chi connectivity index (χ3v) is 10.3. The molecule has 10 heteroatoms. The van der Waals surface area contributed by atoms with Crippen LogP contribution in [0.1, 0.15) is 55.2 Å². The molecule has 0 radical (unpaired) electrons. The van der Waals surface area contributed by atoms with Crippen LogP contribution >= 0.6 is 0 Å². The molecule has 272 valence electrons. The molecule has 6 rings (SSSR count). The molecule has 3 aromatic carbocycles. The summed E-state index contributed by atoms with van der Waals surface area (Å²) in [5.74, 6) is -1.54. The maximum absolute atomic E-state index is 12.1. The number of benzene rings is 3. The highest BCUT2D eigenvalue weighted by Crippen LogP contribution is 2.33. The molecule has 3 heterocycles. The highest BCUT2D eigenvalue weighted by molar-refractivity contribution is 5.82. The van der Waals surface area contributed by atoms with E-state index in [9.17, 15) is 24.6 Å². The van der Waals surface area contributed by atoms with E-state index in [0.29, 0.717) is 12.8 Å². The maximum atomic E-state index is 12.1. The first kappa shape index (κ1) is 40.3. The predicted molar refractivity (Wildman–Crippen MR) is 195 cm³/mol. The molecule has 0 amide bonds. The zero-order valence-corrected chi connectivity index (χ0v) is 30.0. The molecule has 0 spiro atoms. The van der Waals surface area contributed by atoms with Crippen LogP contribution in [0.2, 0.25) is 0 Å². The number of rotatable bonds is 9. The summed E-state index contributed by atoms with van der Waals surface area (Å²) in [7, 11) is 6.39. The van der Waals surface area contributed by atoms with Crippen LogP contribution in [0, 0.1) is 0 Å². The molecule has 3 aromatic rings. The van der Waals surface area contributed by atoms with Crippen molar-refractivity contribution in [3.05, 3.63) is 108 Å². The van der Waals surface area contributed by atoms with Crippen molar-refractivity contribution in [2.75, 3.05) is 47.9 Å². The van der Waals surface area contributed by atoms with Crippen LogP contribution in [0.4, 0.5) is 0 Å². The Kier molecular flexibility index (Phi) is 15.6. The summed E-state index contributed by atoms with van der Waals surface area (Å²) in [4.78, 5) is 39.0. The van der Waals surface area contributed by atoms with Gasteiger partial charge in [0, 0.05) is 26.4 Å². The predicted octanol–water partition coefficient (Wildman–Crippen LogP) is 4.69. The Balaban J connectivity index is 0.000000198. The molecule has 3 atom stereocenters. The van der Waals surface area contributed by atoms with Crippen molar-refractivity contribution in [1.82, 2.24) is 15.1 Å². The molecule has 0 saturated carbocycles. The highest BCUT2D eigenvalue weighted by atomic mass is 16.5. The molecule has 3 saturated heterocycles. The number of hydrogen-bond donors (Lipinski definition) is 4. The molecule has 3 aliphatic heterocycles. The topological polar surface area (TPSA) is 140 Å². The van der Waals surface area contributed by atoms with Crippen LogP contribution in [-0.2, 0) is 38.4 Å². The summed E-state index contributed by atoms with van der Waals surface area (Å²) < 4.78 is 5.00. The number of esters is 1. The van der Waals surface area contributed by atoms with Crippen molar-refractivity contribution in [1.29, 1.82) is 0 Å². The third-order valence-electron chi connectivity index (χ3n) is 10.3. The Bertz CT molecular complexity index is 1470. The number of likely N-dealkylation sites (N-methyl/N-ethyl adjacent to an activating group) is 2. The SMILES string of the molecule is CN1CCC[C@@]1(Cc1ccccc1)C(=O)O.CO.COC(=O)[C@]1(Cc2ccccc2)CCCN1C.O=C(O)[C@]1(Cc2ccccc2)CCCN1. The van der Waals surface area contributed by atoms with Crippen molar-refractivity contribution in [3.63, 3.8) is 0 Å². The Morgan fingerprint density at radius 1 is 0.640 bits per heavy atom. The quantitative estimate of drug-likeness (QED) is 0.234. The van der Waals surface area contributed by atoms with Gasteiger partial charge in [-0.15, -0.1) is 0 Å². The van der Waals surface area contributed by atoms with Crippen molar-refractivity contribution >= 4 is 17.9 Å². The van der Waals surface area contributed by atoms with E-state index in [-0.39, 0.29) is 5.97 Å². The Morgan fingerprint density at radius 2 is 1.06 bits per heavy atom. The van der Waals surface area contributed by atoms with E-state index in [1.807, 2.05) is 97.9 Å². The van der Waals surface area contributed by atoms with E-state index in [1.54, 1.807) is 0 Å². The smallest absolute Gasteiger partial charge is 0.326 e. The van der Waals surface area contributed by atoms with E-state index in [2.05, 4.69) is 22.3 Å². The average molecular weight is 690 g/mol. The number of nitrogens with one attached hydrogen (secondary N) is 1. The Morgan fingerprint density at radius 3 is 1.40 bits per heavy atom. The number of aliphatic carboxylic acids is 2. The van der Waals surface area contributed by atoms with Crippen LogP contribution in [-0.4, -0.2) is 108 Å². The Hall–Kier alpha value is -4.09. The third kappa shape index (κ3) is 10.0. The molecule has 0 aliphatic carbocycles. The first-order chi connectivity index (χ1) is 24.1. The molecule has 50 heavy (non-hydrogen) atoms. The second-order valence-corrected chi connectivity index (χ2v) is 13.3. The fraction of sp³-hybridized carbons (Fsp3) is 0.475. The molecule has 0 aromatic heterocycles. The van der Waals surface area contributed by atoms with E-state index in [4.69, 9.17) is 9.84 Å². The monoisotopic (exact) mass is 689 g/mol. The zero-order chi connectivity index (χ0) is 36.6. The normalized spacial score (nSPS) is 24.4. The van der Waals surface area contributed by atoms with Gasteiger partial charge in [-0.2, -0.15) is 0 Å². The molecule has 10 nitrogen and oxygen atoms in total. The van der Waals surface area contributed by atoms with Gasteiger partial charge in [-0.3, -0.25) is 24.2 Å². The standard InChI is InChI=1S/C14H19NO2.C13H17NO2.C12H15NO2.CH4O/c1-15-10-6-9-14(15,13(16)17-2)11-12-7-4-3-5-8-12;1-14-9-5-8-13(14,12(15)16)10-11-6-3-2-4-7-11;14-11(15)12(7-4-8-13-12)9-10-5-2-1-3-6-10;1-2/h3-5,7-8H,6,9-11H2,1-2H3;2-4,6-7H,5,8-10H2,1H3,(H,15,16);1-3,5-6,13H,4,7-9H2,(H,14,15);2H,1H3/t14-;13-;12-;/m111./s1. The molecule has 0 bridgehead atoms. The van der Waals surface area contributed by atoms with Gasteiger partial charge in [0.25, 0.3) is 0 Å². The summed E-state index contributed by atoms with van der Waals surface area (Å²) in [5.41, 5.74) is 1.47. The van der Waals surface area contributed by atoms with Crippen molar-refractivity contribution < 1.29 is 34.4 Å². The fourth-order valence-corrected chi connectivity index (χ4v) is 7.37. The molecular weight excluding hydrogens is 634 g/mol. The van der Waals surface area contributed by atoms with Crippen LogP contribution in [0.25, 0.3) is 0 Å². The lowest BCUT2D eigenvalue weighted by Gasteiger charge is -2.33. The van der Waals surface area contributed by atoms with Crippen LogP contribution in [0.3, 0.4) is 0 Å². The average Bonchev–Trinajstić information content (AvgIpc) is 3.87. The lowest BCUT2D eigenvalue weighted by atomic mass is 9.88. The zero-order valence-electron chi connectivity index (χ0n) is 30.0. The van der Waals surface area contributed by atoms with Gasteiger partial charge in [-0.25, -0.2) is 0 Å². The summed E-state index contributed by atoms with van der Waals surface area (Å²) in [6.45, 7) is 2.64. The lowest BCUT2D eigenvalue weighted by Crippen LogP contribution is -2.51. The number of carbonyl (C=O) groups is 3. The van der Waals surface area contributed by atoms with Gasteiger partial charge in [-0.05, 0) is 88.9 Å². The summed E-state index contributed by atoms with van der Waals surface area (Å²) >= 11 is 0. The number of nitrogens with zero attached hydrogens (tertiary/aromatic N) is 2. The molecule has 3 aliphatic rings. The first-order valence-corrected chi connectivity index (χ1v) is 17.4. The highest BCUT2D eigenvalue weighted by Gasteiger charge is 2.47. The number of aliphatic hydroxyl groups is 1. The second-order valence-electron chi connectivity index (χ2n) is 13.3. The van der Waals surface area contributed by atoms with Crippen LogP contribution < -0.4 is 5.32 Å². The summed E-state index contributed by atoms with van der Waals surface area (Å²) in [6.07, 6.45) is 7.21. The van der Waals surface area contributed by atoms with Crippen molar-refractivity contribution in [3.8, 4) is 0 Å². The number of carboxylic acids is 2. The fourth-order valence-electron chi connectivity index (χ4n) is 7.37. The number of carbonyl (C=O) groups excluding carboxylic acids is 1. The van der Waals surface area contributed by atoms with Gasteiger partial charge < -0.3 is 25.4 Å². The number of aliphatic hydroxyl groups excluding tert-OH is 1. The number of hydrogen-bond acceptors (Lipinski definition) is 8. The second kappa shape index (κ2) is 19.3. The molecule has 4 N–H and O–H groups in total. The molecule has 0 unspecified atom stereocenters. The van der Waals surface area contributed by atoms with Crippen LogP contribution in [0.5, 0.6) is 0 Å². The minimum absolute atomic E-state index is 0.110. The van der Waals surface area contributed by atoms with Gasteiger partial charge in [0.05, 0.1) is 7.11 Å². The summed E-state index contributed by atoms with van der Waals surface area (Å²) in [5, 5.41) is 28.8.